The number of halogens is 1. The zero-order chi connectivity index (χ0) is 21.7. The highest BCUT2D eigenvalue weighted by Gasteiger charge is 2.28. The number of amides is 1. The first-order chi connectivity index (χ1) is 14.4. The smallest absolute Gasteiger partial charge is 0.342 e. The molecule has 1 atom stereocenters. The summed E-state index contributed by atoms with van der Waals surface area (Å²) in [4.78, 5) is 40.1. The Morgan fingerprint density at radius 1 is 1.13 bits per heavy atom. The lowest BCUT2D eigenvalue weighted by molar-refractivity contribution is -0.384. The van der Waals surface area contributed by atoms with Gasteiger partial charge in [0, 0.05) is 17.8 Å². The lowest BCUT2D eigenvalue weighted by atomic mass is 10.1. The number of nitrogens with zero attached hydrogens (tertiary/aromatic N) is 2. The minimum Gasteiger partial charge on any atom is -0.444 e. The van der Waals surface area contributed by atoms with Crippen LogP contribution in [0.3, 0.4) is 0 Å². The van der Waals surface area contributed by atoms with Crippen molar-refractivity contribution in [2.24, 2.45) is 0 Å². The number of nitrogens with one attached hydrogen (secondary N) is 1. The summed E-state index contributed by atoms with van der Waals surface area (Å²) < 4.78 is 5.42. The van der Waals surface area contributed by atoms with Crippen molar-refractivity contribution in [2.75, 3.05) is 5.32 Å². The summed E-state index contributed by atoms with van der Waals surface area (Å²) in [7, 11) is 0. The highest BCUT2D eigenvalue weighted by molar-refractivity contribution is 6.32. The first-order valence-electron chi connectivity index (χ1n) is 8.79. The minimum atomic E-state index is -1.36. The van der Waals surface area contributed by atoms with Gasteiger partial charge in [-0.3, -0.25) is 14.9 Å². The Labute approximate surface area is 176 Å². The molecular formula is C21H16ClN3O5. The Balaban J connectivity index is 1.92. The van der Waals surface area contributed by atoms with Crippen LogP contribution in [0, 0.1) is 17.0 Å². The fourth-order valence-electron chi connectivity index (χ4n) is 2.71. The first-order valence-corrected chi connectivity index (χ1v) is 9.17. The van der Waals surface area contributed by atoms with Crippen molar-refractivity contribution in [1.29, 1.82) is 0 Å². The van der Waals surface area contributed by atoms with Gasteiger partial charge in [-0.2, -0.15) is 0 Å². The average Bonchev–Trinajstić information content (AvgIpc) is 2.73. The molecule has 0 bridgehead atoms. The van der Waals surface area contributed by atoms with Crippen molar-refractivity contribution in [3.63, 3.8) is 0 Å². The van der Waals surface area contributed by atoms with E-state index in [0.29, 0.717) is 11.1 Å². The summed E-state index contributed by atoms with van der Waals surface area (Å²) in [6.45, 7) is 1.70. The van der Waals surface area contributed by atoms with Crippen LogP contribution in [0.1, 0.15) is 27.6 Å². The predicted octanol–water partition coefficient (Wildman–Crippen LogP) is 4.49. The van der Waals surface area contributed by atoms with Crippen LogP contribution >= 0.6 is 11.6 Å². The van der Waals surface area contributed by atoms with Crippen molar-refractivity contribution in [1.82, 2.24) is 4.98 Å². The molecule has 0 aliphatic rings. The second-order valence-corrected chi connectivity index (χ2v) is 6.66. The molecule has 0 saturated carbocycles. The third kappa shape index (κ3) is 4.79. The molecule has 152 valence electrons. The second kappa shape index (κ2) is 9.15. The Hall–Kier alpha value is -3.78. The van der Waals surface area contributed by atoms with E-state index in [0.717, 1.165) is 0 Å². The summed E-state index contributed by atoms with van der Waals surface area (Å²) >= 11 is 5.94. The van der Waals surface area contributed by atoms with Crippen molar-refractivity contribution in [3.8, 4) is 0 Å². The molecule has 0 aliphatic heterocycles. The quantitative estimate of drug-likeness (QED) is 0.269. The molecule has 30 heavy (non-hydrogen) atoms. The molecule has 2 aromatic carbocycles. The third-order valence-corrected chi connectivity index (χ3v) is 4.45. The fraction of sp³-hybridized carbons (Fsp3) is 0.0952. The van der Waals surface area contributed by atoms with Crippen LogP contribution < -0.4 is 5.32 Å². The highest BCUT2D eigenvalue weighted by atomic mass is 35.5. The standard InChI is InChI=1S/C21H16ClN3O5/c1-13-9-10-16(17(12-13)25(28)29)24-20(26)18(14-6-3-2-4-7-14)30-21(27)15-8-5-11-23-19(15)22/h2-12,18H,1H3,(H,24,26). The molecule has 1 aromatic heterocycles. The summed E-state index contributed by atoms with van der Waals surface area (Å²) in [5, 5.41) is 13.8. The van der Waals surface area contributed by atoms with Crippen LogP contribution in [0.15, 0.2) is 66.9 Å². The fourth-order valence-corrected chi connectivity index (χ4v) is 2.90. The van der Waals surface area contributed by atoms with E-state index in [9.17, 15) is 19.7 Å². The Morgan fingerprint density at radius 2 is 1.87 bits per heavy atom. The number of aryl methyl sites for hydroxylation is 1. The van der Waals surface area contributed by atoms with Crippen LogP contribution in [0.2, 0.25) is 5.15 Å². The van der Waals surface area contributed by atoms with Crippen LogP contribution in [0.25, 0.3) is 0 Å². The van der Waals surface area contributed by atoms with E-state index in [1.807, 2.05) is 0 Å². The molecule has 8 nitrogen and oxygen atoms in total. The number of rotatable bonds is 6. The van der Waals surface area contributed by atoms with E-state index in [1.54, 1.807) is 43.3 Å². The number of anilines is 1. The number of hydrogen-bond acceptors (Lipinski definition) is 6. The van der Waals surface area contributed by atoms with Gasteiger partial charge in [-0.15, -0.1) is 0 Å². The molecule has 1 N–H and O–H groups in total. The van der Waals surface area contributed by atoms with Crippen LogP contribution in [-0.4, -0.2) is 21.8 Å². The monoisotopic (exact) mass is 425 g/mol. The zero-order valence-corrected chi connectivity index (χ0v) is 16.5. The van der Waals surface area contributed by atoms with Gasteiger partial charge in [0.15, 0.2) is 0 Å². The van der Waals surface area contributed by atoms with E-state index in [-0.39, 0.29) is 22.1 Å². The van der Waals surface area contributed by atoms with Crippen LogP contribution in [-0.2, 0) is 9.53 Å². The second-order valence-electron chi connectivity index (χ2n) is 6.30. The molecular weight excluding hydrogens is 410 g/mol. The topological polar surface area (TPSA) is 111 Å². The van der Waals surface area contributed by atoms with Crippen LogP contribution in [0.4, 0.5) is 11.4 Å². The van der Waals surface area contributed by atoms with E-state index in [1.165, 1.54) is 30.5 Å². The van der Waals surface area contributed by atoms with Crippen molar-refractivity contribution in [2.45, 2.75) is 13.0 Å². The molecule has 1 amide bonds. The number of carbonyl (C=O) groups is 2. The summed E-state index contributed by atoms with van der Waals surface area (Å²) in [6.07, 6.45) is 0.0488. The molecule has 0 spiro atoms. The maximum atomic E-state index is 13.0. The molecule has 1 heterocycles. The lowest BCUT2D eigenvalue weighted by Crippen LogP contribution is -2.26. The minimum absolute atomic E-state index is 0.00536. The van der Waals surface area contributed by atoms with Gasteiger partial charge >= 0.3 is 5.97 Å². The predicted molar refractivity (Wildman–Crippen MR) is 110 cm³/mol. The molecule has 3 aromatic rings. The summed E-state index contributed by atoms with van der Waals surface area (Å²) in [5.41, 5.74) is 0.771. The first kappa shape index (κ1) is 20.9. The van der Waals surface area contributed by atoms with Crippen molar-refractivity contribution in [3.05, 3.63) is 98.8 Å². The number of benzene rings is 2. The van der Waals surface area contributed by atoms with Crippen LogP contribution in [0.5, 0.6) is 0 Å². The van der Waals surface area contributed by atoms with Gasteiger partial charge in [0.05, 0.1) is 10.5 Å². The van der Waals surface area contributed by atoms with Gasteiger partial charge in [0.1, 0.15) is 10.8 Å². The lowest BCUT2D eigenvalue weighted by Gasteiger charge is -2.18. The van der Waals surface area contributed by atoms with Gasteiger partial charge in [-0.25, -0.2) is 9.78 Å². The van der Waals surface area contributed by atoms with E-state index < -0.39 is 22.9 Å². The zero-order valence-electron chi connectivity index (χ0n) is 15.7. The molecule has 9 heteroatoms. The average molecular weight is 426 g/mol. The van der Waals surface area contributed by atoms with Gasteiger partial charge in [0.2, 0.25) is 6.10 Å². The van der Waals surface area contributed by atoms with E-state index >= 15 is 0 Å². The number of nitro groups is 1. The van der Waals surface area contributed by atoms with Gasteiger partial charge in [0.25, 0.3) is 11.6 Å². The maximum Gasteiger partial charge on any atom is 0.342 e. The van der Waals surface area contributed by atoms with Gasteiger partial charge < -0.3 is 10.1 Å². The third-order valence-electron chi connectivity index (χ3n) is 4.15. The Kier molecular flexibility index (Phi) is 6.38. The number of aromatic nitrogens is 1. The molecule has 3 rings (SSSR count). The molecule has 0 saturated heterocycles. The van der Waals surface area contributed by atoms with Crippen molar-refractivity contribution < 1.29 is 19.2 Å². The normalized spacial score (nSPS) is 11.4. The Bertz CT molecular complexity index is 1100. The summed E-state index contributed by atoms with van der Waals surface area (Å²) in [6, 6.07) is 15.6. The molecule has 1 unspecified atom stereocenters. The molecule has 0 fully saturated rings. The van der Waals surface area contributed by atoms with Crippen molar-refractivity contribution >= 4 is 34.9 Å². The number of pyridine rings is 1. The number of nitro benzene ring substituents is 1. The van der Waals surface area contributed by atoms with E-state index in [2.05, 4.69) is 10.3 Å². The molecule has 0 radical (unpaired) electrons. The Morgan fingerprint density at radius 3 is 2.53 bits per heavy atom. The van der Waals surface area contributed by atoms with E-state index in [4.69, 9.17) is 16.3 Å². The van der Waals surface area contributed by atoms with Gasteiger partial charge in [-0.1, -0.05) is 48.0 Å². The maximum absolute atomic E-state index is 13.0. The van der Waals surface area contributed by atoms with Gasteiger partial charge in [-0.05, 0) is 30.7 Å². The summed E-state index contributed by atoms with van der Waals surface area (Å²) in [5.74, 6) is -1.60. The largest absolute Gasteiger partial charge is 0.444 e. The number of esters is 1. The highest BCUT2D eigenvalue weighted by Crippen LogP contribution is 2.28. The number of hydrogen-bond donors (Lipinski definition) is 1. The number of ether oxygens (including phenoxy) is 1. The molecule has 0 aliphatic carbocycles. The number of carbonyl (C=O) groups excluding carboxylic acids is 2. The SMILES string of the molecule is Cc1ccc(NC(=O)C(OC(=O)c2cccnc2Cl)c2ccccc2)c([N+](=O)[O-])c1.